The predicted octanol–water partition coefficient (Wildman–Crippen LogP) is 4.95. The van der Waals surface area contributed by atoms with Crippen LogP contribution in [0.4, 0.5) is 0 Å². The van der Waals surface area contributed by atoms with E-state index in [2.05, 4.69) is 0 Å². The quantitative estimate of drug-likeness (QED) is 0.730. The minimum absolute atomic E-state index is 0.128. The molecule has 2 rings (SSSR count). The zero-order valence-electron chi connectivity index (χ0n) is 11.0. The molecule has 0 bridgehead atoms. The average Bonchev–Trinajstić information content (AvgIpc) is 2.48. The minimum atomic E-state index is -0.626. The molecule has 0 fully saturated rings. The third-order valence-electron chi connectivity index (χ3n) is 2.88. The van der Waals surface area contributed by atoms with Gasteiger partial charge in [-0.3, -0.25) is 4.79 Å². The van der Waals surface area contributed by atoms with Crippen molar-refractivity contribution in [1.82, 2.24) is 0 Å². The first-order valence-corrected chi connectivity index (χ1v) is 7.05. The minimum Gasteiger partial charge on any atom is -0.366 e. The van der Waals surface area contributed by atoms with Gasteiger partial charge in [0, 0.05) is 12.2 Å². The van der Waals surface area contributed by atoms with E-state index in [1.807, 2.05) is 37.3 Å². The number of halogens is 2. The Labute approximate surface area is 128 Å². The van der Waals surface area contributed by atoms with Gasteiger partial charge in [-0.2, -0.15) is 0 Å². The van der Waals surface area contributed by atoms with Crippen LogP contribution in [-0.4, -0.2) is 12.4 Å². The van der Waals surface area contributed by atoms with E-state index in [1.54, 1.807) is 18.2 Å². The van der Waals surface area contributed by atoms with Crippen molar-refractivity contribution in [3.05, 3.63) is 69.7 Å². The molecule has 4 heteroatoms. The highest BCUT2D eigenvalue weighted by Gasteiger charge is 2.22. The van der Waals surface area contributed by atoms with Crippen LogP contribution in [0.15, 0.2) is 48.5 Å². The van der Waals surface area contributed by atoms with E-state index in [0.717, 1.165) is 5.56 Å². The fourth-order valence-corrected chi connectivity index (χ4v) is 2.22. The Morgan fingerprint density at radius 2 is 1.80 bits per heavy atom. The van der Waals surface area contributed by atoms with E-state index in [-0.39, 0.29) is 5.78 Å². The van der Waals surface area contributed by atoms with Crippen LogP contribution in [-0.2, 0) is 4.74 Å². The number of benzene rings is 2. The van der Waals surface area contributed by atoms with E-state index in [4.69, 9.17) is 27.9 Å². The van der Waals surface area contributed by atoms with Gasteiger partial charge in [-0.15, -0.1) is 0 Å². The molecule has 0 heterocycles. The van der Waals surface area contributed by atoms with E-state index in [0.29, 0.717) is 22.2 Å². The van der Waals surface area contributed by atoms with Crippen LogP contribution in [0.5, 0.6) is 0 Å². The molecule has 2 nitrogen and oxygen atoms in total. The monoisotopic (exact) mass is 308 g/mol. The highest BCUT2D eigenvalue weighted by molar-refractivity contribution is 6.42. The van der Waals surface area contributed by atoms with Crippen LogP contribution >= 0.6 is 23.2 Å². The van der Waals surface area contributed by atoms with Gasteiger partial charge in [-0.25, -0.2) is 0 Å². The number of Topliss-reactive ketones (excluding diaryl/α,β-unsaturated/α-hetero) is 1. The van der Waals surface area contributed by atoms with Crippen LogP contribution in [0.25, 0.3) is 0 Å². The van der Waals surface area contributed by atoms with Crippen molar-refractivity contribution >= 4 is 29.0 Å². The van der Waals surface area contributed by atoms with Crippen LogP contribution in [0, 0.1) is 0 Å². The standard InChI is InChI=1S/C16H14Cl2O2/c1-2-20-16(11-6-4-3-5-7-11)15(19)12-8-9-13(17)14(18)10-12/h3-10,16H,2H2,1H3. The summed E-state index contributed by atoms with van der Waals surface area (Å²) in [6, 6.07) is 14.2. The summed E-state index contributed by atoms with van der Waals surface area (Å²) in [6.45, 7) is 2.31. The van der Waals surface area contributed by atoms with Gasteiger partial charge in [0.15, 0.2) is 5.78 Å². The summed E-state index contributed by atoms with van der Waals surface area (Å²) in [4.78, 5) is 12.6. The molecule has 0 aliphatic heterocycles. The zero-order valence-corrected chi connectivity index (χ0v) is 12.5. The Morgan fingerprint density at radius 3 is 2.40 bits per heavy atom. The molecule has 0 saturated heterocycles. The summed E-state index contributed by atoms with van der Waals surface area (Å²) in [5.41, 5.74) is 1.31. The van der Waals surface area contributed by atoms with Crippen molar-refractivity contribution in [1.29, 1.82) is 0 Å². The molecule has 104 valence electrons. The number of carbonyl (C=O) groups is 1. The van der Waals surface area contributed by atoms with E-state index in [1.165, 1.54) is 0 Å². The molecule has 0 aliphatic rings. The lowest BCUT2D eigenvalue weighted by Gasteiger charge is -2.16. The summed E-state index contributed by atoms with van der Waals surface area (Å²) in [6.07, 6.45) is -0.626. The van der Waals surface area contributed by atoms with Crippen molar-refractivity contribution in [2.45, 2.75) is 13.0 Å². The fourth-order valence-electron chi connectivity index (χ4n) is 1.92. The van der Waals surface area contributed by atoms with Crippen LogP contribution in [0.2, 0.25) is 10.0 Å². The van der Waals surface area contributed by atoms with Gasteiger partial charge in [0.05, 0.1) is 10.0 Å². The van der Waals surface area contributed by atoms with E-state index >= 15 is 0 Å². The van der Waals surface area contributed by atoms with Gasteiger partial charge in [0.1, 0.15) is 6.10 Å². The summed E-state index contributed by atoms with van der Waals surface area (Å²) >= 11 is 11.8. The molecule has 2 aromatic rings. The Balaban J connectivity index is 2.34. The Kier molecular flexibility index (Phi) is 5.18. The number of carbonyl (C=O) groups excluding carboxylic acids is 1. The second-order valence-electron chi connectivity index (χ2n) is 4.24. The lowest BCUT2D eigenvalue weighted by atomic mass is 10.00. The molecule has 0 amide bonds. The maximum Gasteiger partial charge on any atom is 0.196 e. The molecule has 1 atom stereocenters. The molecule has 2 aromatic carbocycles. The third-order valence-corrected chi connectivity index (χ3v) is 3.62. The zero-order chi connectivity index (χ0) is 14.5. The Bertz CT molecular complexity index is 597. The third kappa shape index (κ3) is 3.40. The summed E-state index contributed by atoms with van der Waals surface area (Å²) in [7, 11) is 0. The summed E-state index contributed by atoms with van der Waals surface area (Å²) in [5.74, 6) is -0.128. The second kappa shape index (κ2) is 6.89. The van der Waals surface area contributed by atoms with Crippen LogP contribution in [0.3, 0.4) is 0 Å². The number of ether oxygens (including phenoxy) is 1. The van der Waals surface area contributed by atoms with Crippen LogP contribution in [0.1, 0.15) is 28.9 Å². The number of hydrogen-bond acceptors (Lipinski definition) is 2. The van der Waals surface area contributed by atoms with Gasteiger partial charge >= 0.3 is 0 Å². The average molecular weight is 309 g/mol. The molecule has 0 aromatic heterocycles. The molecule has 0 spiro atoms. The van der Waals surface area contributed by atoms with Gasteiger partial charge in [-0.05, 0) is 30.7 Å². The molecular formula is C16H14Cl2O2. The topological polar surface area (TPSA) is 26.3 Å². The Hall–Kier alpha value is -1.35. The van der Waals surface area contributed by atoms with Crippen molar-refractivity contribution in [2.75, 3.05) is 6.61 Å². The highest BCUT2D eigenvalue weighted by atomic mass is 35.5. The maximum atomic E-state index is 12.6. The van der Waals surface area contributed by atoms with Gasteiger partial charge in [-0.1, -0.05) is 53.5 Å². The van der Waals surface area contributed by atoms with Gasteiger partial charge in [0.2, 0.25) is 0 Å². The van der Waals surface area contributed by atoms with Crippen LogP contribution < -0.4 is 0 Å². The Morgan fingerprint density at radius 1 is 1.10 bits per heavy atom. The normalized spacial score (nSPS) is 12.2. The van der Waals surface area contributed by atoms with E-state index < -0.39 is 6.10 Å². The first-order valence-electron chi connectivity index (χ1n) is 6.29. The largest absolute Gasteiger partial charge is 0.366 e. The number of hydrogen-bond donors (Lipinski definition) is 0. The SMILES string of the molecule is CCOC(C(=O)c1ccc(Cl)c(Cl)c1)c1ccccc1. The van der Waals surface area contributed by atoms with Gasteiger partial charge in [0.25, 0.3) is 0 Å². The summed E-state index contributed by atoms with van der Waals surface area (Å²) in [5, 5.41) is 0.789. The van der Waals surface area contributed by atoms with Crippen molar-refractivity contribution < 1.29 is 9.53 Å². The summed E-state index contributed by atoms with van der Waals surface area (Å²) < 4.78 is 5.59. The molecule has 0 aliphatic carbocycles. The van der Waals surface area contributed by atoms with Crippen molar-refractivity contribution in [3.8, 4) is 0 Å². The first-order chi connectivity index (χ1) is 9.63. The molecule has 0 N–H and O–H groups in total. The van der Waals surface area contributed by atoms with Gasteiger partial charge < -0.3 is 4.74 Å². The second-order valence-corrected chi connectivity index (χ2v) is 5.05. The molecule has 0 radical (unpaired) electrons. The predicted molar refractivity (Wildman–Crippen MR) is 81.6 cm³/mol. The van der Waals surface area contributed by atoms with Crippen molar-refractivity contribution in [2.24, 2.45) is 0 Å². The maximum absolute atomic E-state index is 12.6. The molecule has 20 heavy (non-hydrogen) atoms. The molecule has 1 unspecified atom stereocenters. The number of rotatable bonds is 5. The smallest absolute Gasteiger partial charge is 0.196 e. The first kappa shape index (κ1) is 15.0. The van der Waals surface area contributed by atoms with E-state index in [9.17, 15) is 4.79 Å². The lowest BCUT2D eigenvalue weighted by molar-refractivity contribution is 0.0452. The molecule has 0 saturated carbocycles. The highest BCUT2D eigenvalue weighted by Crippen LogP contribution is 2.27. The fraction of sp³-hybridized carbons (Fsp3) is 0.188. The number of ketones is 1. The van der Waals surface area contributed by atoms with Crippen molar-refractivity contribution in [3.63, 3.8) is 0 Å². The lowest BCUT2D eigenvalue weighted by Crippen LogP contribution is -2.16. The molecular weight excluding hydrogens is 295 g/mol.